The van der Waals surface area contributed by atoms with Gasteiger partial charge < -0.3 is 9.30 Å². The Labute approximate surface area is 137 Å². The van der Waals surface area contributed by atoms with E-state index in [0.29, 0.717) is 5.92 Å². The number of aromatic nitrogens is 3. The number of imidazole rings is 1. The molecule has 5 heteroatoms. The van der Waals surface area contributed by atoms with Crippen LogP contribution < -0.4 is 0 Å². The summed E-state index contributed by atoms with van der Waals surface area (Å²) in [5.41, 5.74) is 1.40. The van der Waals surface area contributed by atoms with Gasteiger partial charge in [-0.2, -0.15) is 0 Å². The fraction of sp³-hybridized carbons (Fsp3) is 0.556. The van der Waals surface area contributed by atoms with Crippen LogP contribution in [-0.4, -0.2) is 44.7 Å². The highest BCUT2D eigenvalue weighted by atomic mass is 16.5. The molecule has 2 aromatic rings. The van der Waals surface area contributed by atoms with E-state index in [-0.39, 0.29) is 5.60 Å². The molecule has 2 saturated heterocycles. The lowest BCUT2D eigenvalue weighted by molar-refractivity contribution is -0.0453. The van der Waals surface area contributed by atoms with Gasteiger partial charge in [-0.25, -0.2) is 4.98 Å². The lowest BCUT2D eigenvalue weighted by Crippen LogP contribution is -2.44. The minimum Gasteiger partial charge on any atom is -0.374 e. The van der Waals surface area contributed by atoms with Gasteiger partial charge in [-0.1, -0.05) is 6.07 Å². The first-order chi connectivity index (χ1) is 11.2. The number of likely N-dealkylation sites (tertiary alicyclic amines) is 1. The lowest BCUT2D eigenvalue weighted by atomic mass is 9.83. The Hall–Kier alpha value is -1.72. The Morgan fingerprint density at radius 3 is 2.87 bits per heavy atom. The third-order valence-corrected chi connectivity index (χ3v) is 5.42. The molecule has 23 heavy (non-hydrogen) atoms. The number of piperidine rings is 1. The number of nitrogens with zero attached hydrogens (tertiary/aromatic N) is 4. The van der Waals surface area contributed by atoms with Crippen LogP contribution in [0.2, 0.25) is 0 Å². The van der Waals surface area contributed by atoms with Crippen molar-refractivity contribution < 1.29 is 4.74 Å². The van der Waals surface area contributed by atoms with E-state index in [1.165, 1.54) is 5.56 Å². The zero-order valence-corrected chi connectivity index (χ0v) is 13.7. The first-order valence-electron chi connectivity index (χ1n) is 8.47. The molecule has 0 radical (unpaired) electrons. The second-order valence-corrected chi connectivity index (χ2v) is 6.91. The summed E-state index contributed by atoms with van der Waals surface area (Å²) in [4.78, 5) is 11.2. The molecule has 2 aromatic heterocycles. The summed E-state index contributed by atoms with van der Waals surface area (Å²) in [5, 5.41) is 0. The second-order valence-electron chi connectivity index (χ2n) is 6.91. The van der Waals surface area contributed by atoms with Crippen molar-refractivity contribution in [2.45, 2.75) is 37.3 Å². The molecule has 0 aliphatic carbocycles. The molecule has 4 rings (SSSR count). The SMILES string of the molecule is Cn1ccnc1CN1CCC2(CC1)CC(c1cccnc1)CO2. The van der Waals surface area contributed by atoms with Crippen molar-refractivity contribution in [2.75, 3.05) is 19.7 Å². The van der Waals surface area contributed by atoms with Crippen LogP contribution in [0, 0.1) is 0 Å². The summed E-state index contributed by atoms with van der Waals surface area (Å²) in [6.45, 7) is 3.95. The monoisotopic (exact) mass is 312 g/mol. The van der Waals surface area contributed by atoms with Crippen molar-refractivity contribution in [3.8, 4) is 0 Å². The van der Waals surface area contributed by atoms with E-state index in [0.717, 1.165) is 51.3 Å². The van der Waals surface area contributed by atoms with Crippen molar-refractivity contribution in [1.82, 2.24) is 19.4 Å². The molecule has 2 fully saturated rings. The fourth-order valence-corrected chi connectivity index (χ4v) is 3.89. The van der Waals surface area contributed by atoms with Crippen molar-refractivity contribution in [3.05, 3.63) is 48.3 Å². The predicted molar refractivity (Wildman–Crippen MR) is 88.0 cm³/mol. The van der Waals surface area contributed by atoms with Gasteiger partial charge in [0, 0.05) is 50.8 Å². The average Bonchev–Trinajstić information content (AvgIpc) is 3.18. The van der Waals surface area contributed by atoms with E-state index in [2.05, 4.69) is 32.5 Å². The minimum atomic E-state index is 0.0820. The molecule has 2 aliphatic rings. The van der Waals surface area contributed by atoms with Gasteiger partial charge in [-0.3, -0.25) is 9.88 Å². The number of rotatable bonds is 3. The van der Waals surface area contributed by atoms with Crippen LogP contribution in [-0.2, 0) is 18.3 Å². The molecule has 0 saturated carbocycles. The number of pyridine rings is 1. The van der Waals surface area contributed by atoms with E-state index in [4.69, 9.17) is 4.74 Å². The summed E-state index contributed by atoms with van der Waals surface area (Å²) in [6, 6.07) is 4.20. The van der Waals surface area contributed by atoms with Crippen LogP contribution in [0.25, 0.3) is 0 Å². The molecular formula is C18H24N4O. The zero-order chi connectivity index (χ0) is 15.7. The molecule has 0 bridgehead atoms. The molecule has 1 atom stereocenters. The van der Waals surface area contributed by atoms with Gasteiger partial charge in [0.15, 0.2) is 0 Å². The normalized spacial score (nSPS) is 24.3. The second kappa shape index (κ2) is 6.06. The van der Waals surface area contributed by atoms with Crippen LogP contribution >= 0.6 is 0 Å². The van der Waals surface area contributed by atoms with Crippen molar-refractivity contribution in [3.63, 3.8) is 0 Å². The van der Waals surface area contributed by atoms with E-state index in [1.807, 2.05) is 30.9 Å². The average molecular weight is 312 g/mol. The maximum absolute atomic E-state index is 6.28. The van der Waals surface area contributed by atoms with Gasteiger partial charge in [-0.15, -0.1) is 0 Å². The molecule has 122 valence electrons. The molecule has 0 amide bonds. The lowest BCUT2D eigenvalue weighted by Gasteiger charge is -2.38. The number of hydrogen-bond acceptors (Lipinski definition) is 4. The maximum atomic E-state index is 6.28. The molecule has 0 aromatic carbocycles. The van der Waals surface area contributed by atoms with Crippen molar-refractivity contribution >= 4 is 0 Å². The first kappa shape index (κ1) is 14.8. The van der Waals surface area contributed by atoms with Gasteiger partial charge in [0.05, 0.1) is 18.8 Å². The number of hydrogen-bond donors (Lipinski definition) is 0. The summed E-state index contributed by atoms with van der Waals surface area (Å²) in [6.07, 6.45) is 11.1. The predicted octanol–water partition coefficient (Wildman–Crippen LogP) is 2.35. The van der Waals surface area contributed by atoms with Crippen LogP contribution in [0.1, 0.15) is 36.6 Å². The van der Waals surface area contributed by atoms with Crippen LogP contribution in [0.4, 0.5) is 0 Å². The Morgan fingerprint density at radius 2 is 2.17 bits per heavy atom. The highest BCUT2D eigenvalue weighted by Crippen LogP contribution is 2.42. The van der Waals surface area contributed by atoms with E-state index in [9.17, 15) is 0 Å². The Kier molecular flexibility index (Phi) is 3.91. The van der Waals surface area contributed by atoms with Crippen LogP contribution in [0.3, 0.4) is 0 Å². The van der Waals surface area contributed by atoms with Crippen LogP contribution in [0.15, 0.2) is 36.9 Å². The molecule has 2 aliphatic heterocycles. The fourth-order valence-electron chi connectivity index (χ4n) is 3.89. The van der Waals surface area contributed by atoms with E-state index >= 15 is 0 Å². The number of ether oxygens (including phenoxy) is 1. The van der Waals surface area contributed by atoms with Gasteiger partial charge in [0.2, 0.25) is 0 Å². The largest absolute Gasteiger partial charge is 0.374 e. The zero-order valence-electron chi connectivity index (χ0n) is 13.7. The molecule has 1 unspecified atom stereocenters. The number of aryl methyl sites for hydroxylation is 1. The molecular weight excluding hydrogens is 288 g/mol. The molecule has 5 nitrogen and oxygen atoms in total. The molecule has 4 heterocycles. The highest BCUT2D eigenvalue weighted by Gasteiger charge is 2.43. The maximum Gasteiger partial charge on any atom is 0.122 e. The summed E-state index contributed by atoms with van der Waals surface area (Å²) >= 11 is 0. The first-order valence-corrected chi connectivity index (χ1v) is 8.47. The third kappa shape index (κ3) is 3.03. The minimum absolute atomic E-state index is 0.0820. The summed E-state index contributed by atoms with van der Waals surface area (Å²) < 4.78 is 8.39. The summed E-state index contributed by atoms with van der Waals surface area (Å²) in [7, 11) is 2.06. The molecule has 1 spiro atoms. The van der Waals surface area contributed by atoms with Gasteiger partial charge in [0.1, 0.15) is 5.82 Å². The van der Waals surface area contributed by atoms with Crippen molar-refractivity contribution in [1.29, 1.82) is 0 Å². The smallest absolute Gasteiger partial charge is 0.122 e. The summed E-state index contributed by atoms with van der Waals surface area (Å²) in [5.74, 6) is 1.64. The Morgan fingerprint density at radius 1 is 1.30 bits per heavy atom. The van der Waals surface area contributed by atoms with Gasteiger partial charge in [0.25, 0.3) is 0 Å². The Balaban J connectivity index is 1.35. The topological polar surface area (TPSA) is 43.2 Å². The quantitative estimate of drug-likeness (QED) is 0.872. The highest BCUT2D eigenvalue weighted by molar-refractivity contribution is 5.18. The Bertz CT molecular complexity index is 646. The van der Waals surface area contributed by atoms with Gasteiger partial charge in [-0.05, 0) is 30.9 Å². The third-order valence-electron chi connectivity index (χ3n) is 5.42. The van der Waals surface area contributed by atoms with Crippen molar-refractivity contribution in [2.24, 2.45) is 7.05 Å². The van der Waals surface area contributed by atoms with Gasteiger partial charge >= 0.3 is 0 Å². The van der Waals surface area contributed by atoms with E-state index in [1.54, 1.807) is 0 Å². The van der Waals surface area contributed by atoms with E-state index < -0.39 is 0 Å². The standard InChI is InChI=1S/C18H24N4O/c1-21-10-7-20-17(21)13-22-8-4-18(5-9-22)11-16(14-23-18)15-3-2-6-19-12-15/h2-3,6-7,10,12,16H,4-5,8-9,11,13-14H2,1H3. The van der Waals surface area contributed by atoms with Crippen LogP contribution in [0.5, 0.6) is 0 Å². The molecule has 0 N–H and O–H groups in total.